The van der Waals surface area contributed by atoms with Crippen molar-refractivity contribution in [3.8, 4) is 0 Å². The molecular formula is C17H21N5O. The molecule has 0 bridgehead atoms. The van der Waals surface area contributed by atoms with Gasteiger partial charge in [0.2, 0.25) is 0 Å². The predicted octanol–water partition coefficient (Wildman–Crippen LogP) is 3.68. The molecule has 6 heteroatoms. The lowest BCUT2D eigenvalue weighted by molar-refractivity contribution is 0.102. The van der Waals surface area contributed by atoms with Crippen molar-refractivity contribution >= 4 is 22.8 Å². The van der Waals surface area contributed by atoms with Gasteiger partial charge in [0.1, 0.15) is 5.82 Å². The number of carbonyl (C=O) groups excluding carboxylic acids is 1. The molecule has 0 aliphatic rings. The highest BCUT2D eigenvalue weighted by Gasteiger charge is 2.17. The van der Waals surface area contributed by atoms with Crippen LogP contribution in [0.4, 0.5) is 5.82 Å². The summed E-state index contributed by atoms with van der Waals surface area (Å²) >= 11 is 0. The fourth-order valence-electron chi connectivity index (χ4n) is 2.77. The van der Waals surface area contributed by atoms with Gasteiger partial charge < -0.3 is 10.3 Å². The lowest BCUT2D eigenvalue weighted by atomic mass is 10.1. The SMILES string of the molecule is CCC(CC)n1ncc(C)c1NC(=O)c1ccc2nc[nH]c2c1. The van der Waals surface area contributed by atoms with Crippen molar-refractivity contribution < 1.29 is 4.79 Å². The summed E-state index contributed by atoms with van der Waals surface area (Å²) in [5.74, 6) is 0.630. The Bertz CT molecular complexity index is 828. The van der Waals surface area contributed by atoms with Gasteiger partial charge in [-0.15, -0.1) is 0 Å². The summed E-state index contributed by atoms with van der Waals surface area (Å²) in [6, 6.07) is 5.72. The number of anilines is 1. The summed E-state index contributed by atoms with van der Waals surface area (Å²) in [5.41, 5.74) is 3.26. The minimum absolute atomic E-state index is 0.141. The maximum Gasteiger partial charge on any atom is 0.256 e. The molecule has 1 aromatic carbocycles. The van der Waals surface area contributed by atoms with Gasteiger partial charge in [0.25, 0.3) is 5.91 Å². The number of fused-ring (bicyclic) bond motifs is 1. The highest BCUT2D eigenvalue weighted by molar-refractivity contribution is 6.05. The molecule has 1 amide bonds. The normalized spacial score (nSPS) is 11.3. The molecule has 0 saturated heterocycles. The van der Waals surface area contributed by atoms with Crippen LogP contribution in [0, 0.1) is 6.92 Å². The first-order valence-corrected chi connectivity index (χ1v) is 7.92. The second kappa shape index (κ2) is 6.24. The molecule has 3 rings (SSSR count). The molecule has 0 atom stereocenters. The third kappa shape index (κ3) is 2.84. The van der Waals surface area contributed by atoms with E-state index >= 15 is 0 Å². The van der Waals surface area contributed by atoms with Crippen molar-refractivity contribution in [1.82, 2.24) is 19.7 Å². The predicted molar refractivity (Wildman–Crippen MR) is 90.6 cm³/mol. The van der Waals surface area contributed by atoms with Gasteiger partial charge in [0.15, 0.2) is 0 Å². The van der Waals surface area contributed by atoms with Crippen LogP contribution in [0.2, 0.25) is 0 Å². The summed E-state index contributed by atoms with van der Waals surface area (Å²) in [7, 11) is 0. The molecular weight excluding hydrogens is 290 g/mol. The molecule has 0 spiro atoms. The van der Waals surface area contributed by atoms with Crippen molar-refractivity contribution in [1.29, 1.82) is 0 Å². The highest BCUT2D eigenvalue weighted by Crippen LogP contribution is 2.24. The molecule has 0 radical (unpaired) electrons. The largest absolute Gasteiger partial charge is 0.345 e. The van der Waals surface area contributed by atoms with Gasteiger partial charge in [-0.3, -0.25) is 4.79 Å². The van der Waals surface area contributed by atoms with Crippen LogP contribution in [0.3, 0.4) is 0 Å². The first-order chi connectivity index (χ1) is 11.1. The van der Waals surface area contributed by atoms with E-state index in [9.17, 15) is 4.79 Å². The molecule has 0 saturated carbocycles. The summed E-state index contributed by atoms with van der Waals surface area (Å²) in [6.45, 7) is 6.21. The number of hydrogen-bond donors (Lipinski definition) is 2. The number of carbonyl (C=O) groups is 1. The van der Waals surface area contributed by atoms with E-state index in [-0.39, 0.29) is 11.9 Å². The summed E-state index contributed by atoms with van der Waals surface area (Å²) < 4.78 is 1.92. The van der Waals surface area contributed by atoms with Crippen LogP contribution in [0.5, 0.6) is 0 Å². The molecule has 23 heavy (non-hydrogen) atoms. The second-order valence-corrected chi connectivity index (χ2v) is 5.68. The van der Waals surface area contributed by atoms with E-state index in [1.165, 1.54) is 0 Å². The van der Waals surface area contributed by atoms with Crippen LogP contribution in [0.15, 0.2) is 30.7 Å². The van der Waals surface area contributed by atoms with Crippen LogP contribution < -0.4 is 5.32 Å². The van der Waals surface area contributed by atoms with Gasteiger partial charge in [-0.05, 0) is 38.0 Å². The average molecular weight is 311 g/mol. The molecule has 2 aromatic heterocycles. The number of hydrogen-bond acceptors (Lipinski definition) is 3. The topological polar surface area (TPSA) is 75.6 Å². The molecule has 120 valence electrons. The van der Waals surface area contributed by atoms with E-state index in [4.69, 9.17) is 0 Å². The number of nitrogens with zero attached hydrogens (tertiary/aromatic N) is 3. The van der Waals surface area contributed by atoms with Crippen LogP contribution >= 0.6 is 0 Å². The van der Waals surface area contributed by atoms with Crippen molar-refractivity contribution in [3.05, 3.63) is 41.9 Å². The quantitative estimate of drug-likeness (QED) is 0.754. The maximum atomic E-state index is 12.6. The molecule has 0 unspecified atom stereocenters. The molecule has 2 N–H and O–H groups in total. The van der Waals surface area contributed by atoms with Crippen LogP contribution in [-0.4, -0.2) is 25.7 Å². The zero-order valence-corrected chi connectivity index (χ0v) is 13.6. The monoisotopic (exact) mass is 311 g/mol. The number of rotatable bonds is 5. The Morgan fingerprint density at radius 2 is 2.13 bits per heavy atom. The number of aromatic amines is 1. The number of aromatic nitrogens is 4. The van der Waals surface area contributed by atoms with E-state index in [0.29, 0.717) is 5.56 Å². The summed E-state index contributed by atoms with van der Waals surface area (Å²) in [5, 5.41) is 7.44. The first kappa shape index (κ1) is 15.3. The van der Waals surface area contributed by atoms with E-state index in [2.05, 4.69) is 34.2 Å². The van der Waals surface area contributed by atoms with Gasteiger partial charge in [-0.2, -0.15) is 5.10 Å². The Hall–Kier alpha value is -2.63. The number of nitrogens with one attached hydrogen (secondary N) is 2. The van der Waals surface area contributed by atoms with Crippen molar-refractivity contribution in [2.75, 3.05) is 5.32 Å². The van der Waals surface area contributed by atoms with Crippen LogP contribution in [0.1, 0.15) is 48.7 Å². The minimum Gasteiger partial charge on any atom is -0.345 e. The van der Waals surface area contributed by atoms with Gasteiger partial charge in [-0.25, -0.2) is 9.67 Å². The number of aryl methyl sites for hydroxylation is 1. The second-order valence-electron chi connectivity index (χ2n) is 5.68. The van der Waals surface area contributed by atoms with E-state index in [1.54, 1.807) is 18.6 Å². The average Bonchev–Trinajstić information content (AvgIpc) is 3.16. The first-order valence-electron chi connectivity index (χ1n) is 7.92. The molecule has 2 heterocycles. The number of H-pyrrole nitrogens is 1. The molecule has 6 nitrogen and oxygen atoms in total. The molecule has 0 fully saturated rings. The van der Waals surface area contributed by atoms with E-state index < -0.39 is 0 Å². The van der Waals surface area contributed by atoms with Gasteiger partial charge in [-0.1, -0.05) is 13.8 Å². The van der Waals surface area contributed by atoms with Gasteiger partial charge >= 0.3 is 0 Å². The number of imidazole rings is 1. The van der Waals surface area contributed by atoms with Crippen molar-refractivity contribution in [2.45, 2.75) is 39.7 Å². The van der Waals surface area contributed by atoms with E-state index in [0.717, 1.165) is 35.3 Å². The maximum absolute atomic E-state index is 12.6. The van der Waals surface area contributed by atoms with Crippen LogP contribution in [-0.2, 0) is 0 Å². The summed E-state index contributed by atoms with van der Waals surface area (Å²) in [6.07, 6.45) is 5.37. The van der Waals surface area contributed by atoms with Crippen molar-refractivity contribution in [3.63, 3.8) is 0 Å². The van der Waals surface area contributed by atoms with Gasteiger partial charge in [0.05, 0.1) is 29.6 Å². The smallest absolute Gasteiger partial charge is 0.256 e. The Morgan fingerprint density at radius 1 is 1.35 bits per heavy atom. The molecule has 0 aliphatic carbocycles. The lowest BCUT2D eigenvalue weighted by Crippen LogP contribution is -2.19. The fraction of sp³-hybridized carbons (Fsp3) is 0.353. The third-order valence-corrected chi connectivity index (χ3v) is 4.18. The highest BCUT2D eigenvalue weighted by atomic mass is 16.1. The zero-order chi connectivity index (χ0) is 16.4. The minimum atomic E-state index is -0.141. The Kier molecular flexibility index (Phi) is 4.14. The van der Waals surface area contributed by atoms with E-state index in [1.807, 2.05) is 23.7 Å². The Balaban J connectivity index is 1.89. The third-order valence-electron chi connectivity index (χ3n) is 4.18. The number of amides is 1. The Labute approximate surface area is 134 Å². The summed E-state index contributed by atoms with van der Waals surface area (Å²) in [4.78, 5) is 19.8. The van der Waals surface area contributed by atoms with Crippen LogP contribution in [0.25, 0.3) is 11.0 Å². The van der Waals surface area contributed by atoms with Gasteiger partial charge in [0, 0.05) is 11.1 Å². The zero-order valence-electron chi connectivity index (χ0n) is 13.6. The lowest BCUT2D eigenvalue weighted by Gasteiger charge is -2.17. The molecule has 0 aliphatic heterocycles. The standard InChI is InChI=1S/C17H21N5O/c1-4-13(5-2)22-16(11(3)9-20-22)21-17(23)12-6-7-14-15(8-12)19-10-18-14/h6-10,13H,4-5H2,1-3H3,(H,18,19)(H,21,23). The fourth-order valence-corrected chi connectivity index (χ4v) is 2.77. The Morgan fingerprint density at radius 3 is 2.87 bits per heavy atom. The van der Waals surface area contributed by atoms with Crippen molar-refractivity contribution in [2.24, 2.45) is 0 Å². The molecule has 3 aromatic rings. The number of benzene rings is 1.